The zero-order valence-corrected chi connectivity index (χ0v) is 11.9. The van der Waals surface area contributed by atoms with Crippen molar-refractivity contribution in [1.82, 2.24) is 15.3 Å². The zero-order chi connectivity index (χ0) is 13.5. The Kier molecular flexibility index (Phi) is 2.88. The summed E-state index contributed by atoms with van der Waals surface area (Å²) in [6.45, 7) is 2.02. The SMILES string of the molecule is CN[C@H]1CCN(c2ncnc3c4c(oc23)CCCC4)C1. The highest BCUT2D eigenvalue weighted by Gasteiger charge is 2.27. The van der Waals surface area contributed by atoms with Gasteiger partial charge in [-0.3, -0.25) is 0 Å². The average Bonchev–Trinajstić information content (AvgIpc) is 3.11. The summed E-state index contributed by atoms with van der Waals surface area (Å²) >= 11 is 0. The van der Waals surface area contributed by atoms with E-state index in [1.165, 1.54) is 18.4 Å². The molecule has 0 radical (unpaired) electrons. The monoisotopic (exact) mass is 272 g/mol. The Bertz CT molecular complexity index is 636. The number of aryl methyl sites for hydroxylation is 2. The van der Waals surface area contributed by atoms with E-state index in [1.54, 1.807) is 6.33 Å². The topological polar surface area (TPSA) is 54.2 Å². The van der Waals surface area contributed by atoms with Gasteiger partial charge >= 0.3 is 0 Å². The van der Waals surface area contributed by atoms with Gasteiger partial charge in [-0.05, 0) is 32.7 Å². The van der Waals surface area contributed by atoms with E-state index >= 15 is 0 Å². The van der Waals surface area contributed by atoms with Gasteiger partial charge in [-0.25, -0.2) is 9.97 Å². The van der Waals surface area contributed by atoms with Gasteiger partial charge in [0.25, 0.3) is 0 Å². The van der Waals surface area contributed by atoms with Crippen molar-refractivity contribution < 1.29 is 4.42 Å². The van der Waals surface area contributed by atoms with E-state index in [9.17, 15) is 0 Å². The van der Waals surface area contributed by atoms with E-state index in [0.717, 1.165) is 55.0 Å². The average molecular weight is 272 g/mol. The number of hydrogen-bond donors (Lipinski definition) is 1. The Hall–Kier alpha value is -1.62. The largest absolute Gasteiger partial charge is 0.455 e. The van der Waals surface area contributed by atoms with Crippen LogP contribution in [0.15, 0.2) is 10.7 Å². The Morgan fingerprint density at radius 1 is 1.30 bits per heavy atom. The number of hydrogen-bond acceptors (Lipinski definition) is 5. The van der Waals surface area contributed by atoms with Gasteiger partial charge in [-0.2, -0.15) is 0 Å². The van der Waals surface area contributed by atoms with Gasteiger partial charge in [0.2, 0.25) is 0 Å². The van der Waals surface area contributed by atoms with E-state index in [2.05, 4.69) is 20.2 Å². The highest BCUT2D eigenvalue weighted by Crippen LogP contribution is 2.35. The van der Waals surface area contributed by atoms with Gasteiger partial charge < -0.3 is 14.6 Å². The molecule has 1 aliphatic carbocycles. The van der Waals surface area contributed by atoms with E-state index in [0.29, 0.717) is 6.04 Å². The first-order valence-corrected chi connectivity index (χ1v) is 7.54. The summed E-state index contributed by atoms with van der Waals surface area (Å²) in [5, 5.41) is 3.34. The minimum Gasteiger partial charge on any atom is -0.455 e. The molecule has 5 nitrogen and oxygen atoms in total. The fourth-order valence-corrected chi connectivity index (χ4v) is 3.45. The molecule has 0 bridgehead atoms. The molecule has 1 aliphatic heterocycles. The van der Waals surface area contributed by atoms with Crippen LogP contribution in [0, 0.1) is 0 Å². The van der Waals surface area contributed by atoms with Gasteiger partial charge in [-0.1, -0.05) is 0 Å². The molecule has 0 saturated carbocycles. The van der Waals surface area contributed by atoms with Crippen LogP contribution in [-0.2, 0) is 12.8 Å². The maximum Gasteiger partial charge on any atom is 0.195 e. The third-order valence-electron chi connectivity index (χ3n) is 4.61. The molecule has 1 fully saturated rings. The molecule has 106 valence electrons. The molecular formula is C15H20N4O. The van der Waals surface area contributed by atoms with Crippen LogP contribution < -0.4 is 10.2 Å². The fraction of sp³-hybridized carbons (Fsp3) is 0.600. The number of furan rings is 1. The molecule has 3 heterocycles. The highest BCUT2D eigenvalue weighted by atomic mass is 16.3. The summed E-state index contributed by atoms with van der Waals surface area (Å²) in [6, 6.07) is 0.546. The molecule has 0 aromatic carbocycles. The third kappa shape index (κ3) is 1.80. The predicted molar refractivity (Wildman–Crippen MR) is 78.1 cm³/mol. The summed E-state index contributed by atoms with van der Waals surface area (Å²) in [6.07, 6.45) is 7.45. The van der Waals surface area contributed by atoms with Crippen molar-refractivity contribution in [2.45, 2.75) is 38.1 Å². The number of nitrogens with one attached hydrogen (secondary N) is 1. The van der Waals surface area contributed by atoms with Crippen molar-refractivity contribution in [3.05, 3.63) is 17.7 Å². The maximum absolute atomic E-state index is 6.12. The predicted octanol–water partition coefficient (Wildman–Crippen LogP) is 1.90. The lowest BCUT2D eigenvalue weighted by molar-refractivity contribution is 0.505. The first-order chi connectivity index (χ1) is 9.86. The quantitative estimate of drug-likeness (QED) is 0.905. The Morgan fingerprint density at radius 2 is 2.20 bits per heavy atom. The zero-order valence-electron chi connectivity index (χ0n) is 11.9. The molecule has 5 heteroatoms. The molecule has 2 aromatic rings. The van der Waals surface area contributed by atoms with Crippen LogP contribution >= 0.6 is 0 Å². The summed E-state index contributed by atoms with van der Waals surface area (Å²) < 4.78 is 6.12. The van der Waals surface area contributed by atoms with Crippen molar-refractivity contribution in [2.75, 3.05) is 25.0 Å². The summed E-state index contributed by atoms with van der Waals surface area (Å²) in [4.78, 5) is 11.3. The van der Waals surface area contributed by atoms with Gasteiger partial charge in [0.05, 0.1) is 0 Å². The standard InChI is InChI=1S/C15H20N4O/c1-16-10-6-7-19(8-10)15-14-13(17-9-18-15)11-4-2-3-5-12(11)20-14/h9-10,16H,2-8H2,1H3/t10-/m0/s1. The van der Waals surface area contributed by atoms with Crippen molar-refractivity contribution in [3.63, 3.8) is 0 Å². The second-order valence-corrected chi connectivity index (χ2v) is 5.81. The lowest BCUT2D eigenvalue weighted by Crippen LogP contribution is -2.29. The molecule has 0 spiro atoms. The second-order valence-electron chi connectivity index (χ2n) is 5.81. The van der Waals surface area contributed by atoms with E-state index in [1.807, 2.05) is 7.05 Å². The Morgan fingerprint density at radius 3 is 3.05 bits per heavy atom. The van der Waals surface area contributed by atoms with Crippen molar-refractivity contribution in [1.29, 1.82) is 0 Å². The van der Waals surface area contributed by atoms with Gasteiger partial charge in [0, 0.05) is 31.1 Å². The number of likely N-dealkylation sites (N-methyl/N-ethyl adjacent to an activating group) is 1. The Balaban J connectivity index is 1.78. The molecule has 2 aromatic heterocycles. The fourth-order valence-electron chi connectivity index (χ4n) is 3.45. The van der Waals surface area contributed by atoms with Crippen molar-refractivity contribution in [2.24, 2.45) is 0 Å². The molecule has 1 saturated heterocycles. The van der Waals surface area contributed by atoms with E-state index in [4.69, 9.17) is 4.42 Å². The van der Waals surface area contributed by atoms with Gasteiger partial charge in [0.15, 0.2) is 11.4 Å². The molecule has 1 N–H and O–H groups in total. The number of fused-ring (bicyclic) bond motifs is 3. The third-order valence-corrected chi connectivity index (χ3v) is 4.61. The molecular weight excluding hydrogens is 252 g/mol. The van der Waals surface area contributed by atoms with Crippen LogP contribution in [0.1, 0.15) is 30.6 Å². The first-order valence-electron chi connectivity index (χ1n) is 7.54. The number of nitrogens with zero attached hydrogens (tertiary/aromatic N) is 3. The Labute approximate surface area is 118 Å². The van der Waals surface area contributed by atoms with Crippen LogP contribution in [0.25, 0.3) is 11.1 Å². The van der Waals surface area contributed by atoms with Crippen LogP contribution in [0.4, 0.5) is 5.82 Å². The lowest BCUT2D eigenvalue weighted by Gasteiger charge is -2.16. The number of rotatable bonds is 2. The smallest absolute Gasteiger partial charge is 0.195 e. The van der Waals surface area contributed by atoms with Crippen LogP contribution in [0.2, 0.25) is 0 Å². The van der Waals surface area contributed by atoms with E-state index < -0.39 is 0 Å². The van der Waals surface area contributed by atoms with Crippen LogP contribution in [0.5, 0.6) is 0 Å². The number of anilines is 1. The first kappa shape index (κ1) is 12.1. The second kappa shape index (κ2) is 4.74. The minimum atomic E-state index is 0.546. The van der Waals surface area contributed by atoms with Crippen molar-refractivity contribution in [3.8, 4) is 0 Å². The molecule has 1 atom stereocenters. The normalized spacial score (nSPS) is 22.4. The van der Waals surface area contributed by atoms with Crippen LogP contribution in [-0.4, -0.2) is 36.1 Å². The summed E-state index contributed by atoms with van der Waals surface area (Å²) in [5.41, 5.74) is 3.26. The van der Waals surface area contributed by atoms with Gasteiger partial charge in [-0.15, -0.1) is 0 Å². The van der Waals surface area contributed by atoms with Crippen LogP contribution in [0.3, 0.4) is 0 Å². The molecule has 0 unspecified atom stereocenters. The maximum atomic E-state index is 6.12. The lowest BCUT2D eigenvalue weighted by atomic mass is 9.98. The number of aromatic nitrogens is 2. The highest BCUT2D eigenvalue weighted by molar-refractivity contribution is 5.87. The molecule has 4 rings (SSSR count). The van der Waals surface area contributed by atoms with E-state index in [-0.39, 0.29) is 0 Å². The minimum absolute atomic E-state index is 0.546. The molecule has 2 aliphatic rings. The van der Waals surface area contributed by atoms with Gasteiger partial charge in [0.1, 0.15) is 17.6 Å². The molecule has 20 heavy (non-hydrogen) atoms. The summed E-state index contributed by atoms with van der Waals surface area (Å²) in [5.74, 6) is 2.11. The summed E-state index contributed by atoms with van der Waals surface area (Å²) in [7, 11) is 2.02. The van der Waals surface area contributed by atoms with Crippen molar-refractivity contribution >= 4 is 16.9 Å². The molecule has 0 amide bonds.